The van der Waals surface area contributed by atoms with Gasteiger partial charge in [-0.3, -0.25) is 0 Å². The molecule has 1 saturated heterocycles. The zero-order valence-electron chi connectivity index (χ0n) is 10.3. The Morgan fingerprint density at radius 3 is 3.24 bits per heavy atom. The average molecular weight is 249 g/mol. The van der Waals surface area contributed by atoms with Crippen LogP contribution >= 0.6 is 11.8 Å². The summed E-state index contributed by atoms with van der Waals surface area (Å²) >= 11 is 2.05. The van der Waals surface area contributed by atoms with Gasteiger partial charge in [0.15, 0.2) is 0 Å². The van der Waals surface area contributed by atoms with Crippen LogP contribution in [0.4, 0.5) is 5.69 Å². The molecule has 2 aliphatic heterocycles. The summed E-state index contributed by atoms with van der Waals surface area (Å²) in [6, 6.07) is 6.42. The highest BCUT2D eigenvalue weighted by molar-refractivity contribution is 7.99. The molecule has 17 heavy (non-hydrogen) atoms. The van der Waals surface area contributed by atoms with Gasteiger partial charge >= 0.3 is 0 Å². The summed E-state index contributed by atoms with van der Waals surface area (Å²) < 4.78 is 5.98. The monoisotopic (exact) mass is 249 g/mol. The Bertz CT molecular complexity index is 413. The van der Waals surface area contributed by atoms with E-state index in [1.807, 2.05) is 11.8 Å². The van der Waals surface area contributed by atoms with Crippen LogP contribution in [0.15, 0.2) is 18.2 Å². The van der Waals surface area contributed by atoms with Gasteiger partial charge in [0.1, 0.15) is 5.75 Å². The van der Waals surface area contributed by atoms with Crippen LogP contribution in [0.1, 0.15) is 18.9 Å². The van der Waals surface area contributed by atoms with Crippen LogP contribution in [-0.2, 0) is 6.42 Å². The third kappa shape index (κ3) is 2.39. The van der Waals surface area contributed by atoms with Crippen molar-refractivity contribution in [3.05, 3.63) is 23.8 Å². The molecule has 0 amide bonds. The van der Waals surface area contributed by atoms with Crippen LogP contribution in [0.2, 0.25) is 0 Å². The smallest absolute Gasteiger partial charge is 0.119 e. The Kier molecular flexibility index (Phi) is 2.95. The van der Waals surface area contributed by atoms with Crippen molar-refractivity contribution in [2.24, 2.45) is 5.41 Å². The van der Waals surface area contributed by atoms with Gasteiger partial charge in [-0.2, -0.15) is 11.8 Å². The van der Waals surface area contributed by atoms with Crippen LogP contribution in [0.25, 0.3) is 0 Å². The fourth-order valence-corrected chi connectivity index (χ4v) is 3.95. The first kappa shape index (κ1) is 11.3. The molecule has 0 bridgehead atoms. The van der Waals surface area contributed by atoms with Crippen LogP contribution in [0.3, 0.4) is 0 Å². The maximum absolute atomic E-state index is 5.98. The van der Waals surface area contributed by atoms with E-state index >= 15 is 0 Å². The summed E-state index contributed by atoms with van der Waals surface area (Å²) in [4.78, 5) is 0. The zero-order chi connectivity index (χ0) is 11.7. The maximum atomic E-state index is 5.98. The van der Waals surface area contributed by atoms with Gasteiger partial charge in [0.2, 0.25) is 0 Å². The SMILES string of the molecule is CC1(COc2ccc3c(c2)CCN3)CCSC1. The molecule has 0 aromatic heterocycles. The largest absolute Gasteiger partial charge is 0.493 e. The summed E-state index contributed by atoms with van der Waals surface area (Å²) in [7, 11) is 0. The first-order chi connectivity index (χ1) is 8.25. The highest BCUT2D eigenvalue weighted by Gasteiger charge is 2.30. The van der Waals surface area contributed by atoms with E-state index in [2.05, 4.69) is 30.4 Å². The predicted molar refractivity (Wildman–Crippen MR) is 74.2 cm³/mol. The molecule has 2 aliphatic rings. The number of benzene rings is 1. The number of hydrogen-bond donors (Lipinski definition) is 1. The van der Waals surface area contributed by atoms with E-state index in [1.165, 1.54) is 29.2 Å². The van der Waals surface area contributed by atoms with Gasteiger partial charge in [0.25, 0.3) is 0 Å². The fraction of sp³-hybridized carbons (Fsp3) is 0.571. The molecular weight excluding hydrogens is 230 g/mol. The topological polar surface area (TPSA) is 21.3 Å². The van der Waals surface area contributed by atoms with Crippen molar-refractivity contribution in [3.63, 3.8) is 0 Å². The summed E-state index contributed by atoms with van der Waals surface area (Å²) in [5.74, 6) is 3.55. The molecule has 0 saturated carbocycles. The summed E-state index contributed by atoms with van der Waals surface area (Å²) in [6.45, 7) is 4.25. The second-order valence-corrected chi connectivity index (χ2v) is 6.50. The van der Waals surface area contributed by atoms with Crippen molar-refractivity contribution in [1.29, 1.82) is 0 Å². The number of thioether (sulfide) groups is 1. The number of nitrogens with one attached hydrogen (secondary N) is 1. The Morgan fingerprint density at radius 2 is 2.41 bits per heavy atom. The molecule has 1 aromatic carbocycles. The molecule has 1 atom stereocenters. The lowest BCUT2D eigenvalue weighted by atomic mass is 9.92. The van der Waals surface area contributed by atoms with Gasteiger partial charge in [0.05, 0.1) is 6.61 Å². The molecule has 3 heteroatoms. The third-order valence-corrected chi connectivity index (χ3v) is 5.07. The Labute approximate surface area is 107 Å². The first-order valence-electron chi connectivity index (χ1n) is 6.33. The van der Waals surface area contributed by atoms with Gasteiger partial charge < -0.3 is 10.1 Å². The summed E-state index contributed by atoms with van der Waals surface area (Å²) in [5.41, 5.74) is 3.05. The lowest BCUT2D eigenvalue weighted by Gasteiger charge is -2.22. The van der Waals surface area contributed by atoms with Gasteiger partial charge in [-0.05, 0) is 42.4 Å². The molecule has 1 N–H and O–H groups in total. The van der Waals surface area contributed by atoms with Crippen LogP contribution < -0.4 is 10.1 Å². The van der Waals surface area contributed by atoms with E-state index in [1.54, 1.807) is 0 Å². The number of rotatable bonds is 3. The first-order valence-corrected chi connectivity index (χ1v) is 7.48. The van der Waals surface area contributed by atoms with E-state index in [4.69, 9.17) is 4.74 Å². The molecule has 92 valence electrons. The Balaban J connectivity index is 1.65. The second-order valence-electron chi connectivity index (χ2n) is 5.40. The summed E-state index contributed by atoms with van der Waals surface area (Å²) in [5, 5.41) is 3.37. The molecule has 2 heterocycles. The number of anilines is 1. The molecule has 0 aliphatic carbocycles. The highest BCUT2D eigenvalue weighted by atomic mass is 32.2. The zero-order valence-corrected chi connectivity index (χ0v) is 11.1. The quantitative estimate of drug-likeness (QED) is 0.889. The maximum Gasteiger partial charge on any atom is 0.119 e. The predicted octanol–water partition coefficient (Wildman–Crippen LogP) is 3.18. The van der Waals surface area contributed by atoms with Crippen molar-refractivity contribution in [1.82, 2.24) is 0 Å². The van der Waals surface area contributed by atoms with E-state index in [-0.39, 0.29) is 0 Å². The highest BCUT2D eigenvalue weighted by Crippen LogP contribution is 2.36. The molecule has 0 spiro atoms. The van der Waals surface area contributed by atoms with Crippen molar-refractivity contribution in [3.8, 4) is 5.75 Å². The van der Waals surface area contributed by atoms with Gasteiger partial charge in [-0.25, -0.2) is 0 Å². The Morgan fingerprint density at radius 1 is 1.47 bits per heavy atom. The molecule has 1 fully saturated rings. The molecule has 2 nitrogen and oxygen atoms in total. The van der Waals surface area contributed by atoms with Crippen molar-refractivity contribution < 1.29 is 4.74 Å². The summed E-state index contributed by atoms with van der Waals surface area (Å²) in [6.07, 6.45) is 2.41. The van der Waals surface area contributed by atoms with Gasteiger partial charge in [0, 0.05) is 23.4 Å². The van der Waals surface area contributed by atoms with Gasteiger partial charge in [-0.1, -0.05) is 6.92 Å². The van der Waals surface area contributed by atoms with Crippen LogP contribution in [0.5, 0.6) is 5.75 Å². The Hall–Kier alpha value is -0.830. The van der Waals surface area contributed by atoms with Gasteiger partial charge in [-0.15, -0.1) is 0 Å². The molecule has 1 unspecified atom stereocenters. The molecule has 0 radical (unpaired) electrons. The minimum atomic E-state index is 0.377. The standard InChI is InChI=1S/C14H19NOS/c1-14(5-7-17-10-14)9-16-12-2-3-13-11(8-12)4-6-15-13/h2-3,8,15H,4-7,9-10H2,1H3. The minimum absolute atomic E-state index is 0.377. The number of fused-ring (bicyclic) bond motifs is 1. The number of hydrogen-bond acceptors (Lipinski definition) is 3. The van der Waals surface area contributed by atoms with Crippen LogP contribution in [0, 0.1) is 5.41 Å². The van der Waals surface area contributed by atoms with E-state index in [9.17, 15) is 0 Å². The lowest BCUT2D eigenvalue weighted by Crippen LogP contribution is -2.24. The normalized spacial score (nSPS) is 26.6. The van der Waals surface area contributed by atoms with Crippen LogP contribution in [-0.4, -0.2) is 24.7 Å². The fourth-order valence-electron chi connectivity index (χ4n) is 2.45. The van der Waals surface area contributed by atoms with Crippen molar-refractivity contribution >= 4 is 17.4 Å². The molecular formula is C14H19NOS. The van der Waals surface area contributed by atoms with E-state index in [0.717, 1.165) is 25.3 Å². The number of ether oxygens (including phenoxy) is 1. The lowest BCUT2D eigenvalue weighted by molar-refractivity contribution is 0.186. The van der Waals surface area contributed by atoms with Crippen molar-refractivity contribution in [2.75, 3.05) is 30.0 Å². The second kappa shape index (κ2) is 4.45. The van der Waals surface area contributed by atoms with E-state index in [0.29, 0.717) is 5.41 Å². The average Bonchev–Trinajstić information content (AvgIpc) is 2.95. The molecule has 3 rings (SSSR count). The third-order valence-electron chi connectivity index (χ3n) is 3.67. The van der Waals surface area contributed by atoms with Crippen molar-refractivity contribution in [2.45, 2.75) is 19.8 Å². The minimum Gasteiger partial charge on any atom is -0.493 e. The molecule has 1 aromatic rings. The van der Waals surface area contributed by atoms with E-state index < -0.39 is 0 Å².